The smallest absolute Gasteiger partial charge is 0.231 e. The van der Waals surface area contributed by atoms with E-state index in [2.05, 4.69) is 15.0 Å². The van der Waals surface area contributed by atoms with Crippen LogP contribution in [0.5, 0.6) is 0 Å². The van der Waals surface area contributed by atoms with Gasteiger partial charge in [-0.2, -0.15) is 26.3 Å². The van der Waals surface area contributed by atoms with Gasteiger partial charge in [-0.3, -0.25) is 0 Å². The van der Waals surface area contributed by atoms with Crippen LogP contribution in [0.1, 0.15) is 16.3 Å². The molecule has 3 rings (SSSR count). The van der Waals surface area contributed by atoms with Crippen molar-refractivity contribution in [3.05, 3.63) is 39.8 Å². The molecule has 0 unspecified atom stereocenters. The Labute approximate surface area is 145 Å². The van der Waals surface area contributed by atoms with Crippen LogP contribution in [0.3, 0.4) is 0 Å². The van der Waals surface area contributed by atoms with Gasteiger partial charge in [-0.25, -0.2) is 15.0 Å². The number of thiophene rings is 1. The number of aryl methyl sites for hydroxylation is 1. The Morgan fingerprint density at radius 1 is 0.920 bits per heavy atom. The minimum Gasteiger partial charge on any atom is -0.231 e. The van der Waals surface area contributed by atoms with Gasteiger partial charge < -0.3 is 0 Å². The van der Waals surface area contributed by atoms with Crippen LogP contribution in [0, 0.1) is 6.92 Å². The Morgan fingerprint density at radius 3 is 2.20 bits per heavy atom. The summed E-state index contributed by atoms with van der Waals surface area (Å²) in [6, 6.07) is 3.66. The number of hydrogen-bond donors (Lipinski definition) is 0. The molecule has 3 nitrogen and oxygen atoms in total. The maximum Gasteiger partial charge on any atom is 0.434 e. The number of aromatic nitrogens is 3. The van der Waals surface area contributed by atoms with E-state index < -0.39 is 22.9 Å². The third-order valence-electron chi connectivity index (χ3n) is 2.98. The van der Waals surface area contributed by atoms with E-state index in [0.29, 0.717) is 17.0 Å². The summed E-state index contributed by atoms with van der Waals surface area (Å²) in [6.45, 7) is 1.57. The minimum atomic E-state index is -4.59. The molecule has 11 heteroatoms. The highest BCUT2D eigenvalue weighted by Crippen LogP contribution is 2.38. The molecule has 0 amide bonds. The summed E-state index contributed by atoms with van der Waals surface area (Å²) < 4.78 is 76.1. The lowest BCUT2D eigenvalue weighted by Crippen LogP contribution is -2.05. The van der Waals surface area contributed by atoms with Crippen molar-refractivity contribution < 1.29 is 26.3 Å². The number of hydrogen-bond acceptors (Lipinski definition) is 5. The zero-order valence-electron chi connectivity index (χ0n) is 12.2. The lowest BCUT2D eigenvalue weighted by molar-refractivity contribution is -0.140. The van der Waals surface area contributed by atoms with Crippen molar-refractivity contribution in [1.82, 2.24) is 15.0 Å². The fourth-order valence-corrected chi connectivity index (χ4v) is 3.52. The summed E-state index contributed by atoms with van der Waals surface area (Å²) in [4.78, 5) is 11.0. The third-order valence-corrected chi connectivity index (χ3v) is 4.97. The SMILES string of the molecule is Cc1cc(-c2ccc(C(F)(F)F)s2)nc(-c2nc(C(F)(F)F)cs2)n1. The highest BCUT2D eigenvalue weighted by molar-refractivity contribution is 7.15. The zero-order valence-corrected chi connectivity index (χ0v) is 13.9. The summed E-state index contributed by atoms with van der Waals surface area (Å²) in [6.07, 6.45) is -9.05. The molecule has 0 saturated carbocycles. The molecule has 0 N–H and O–H groups in total. The van der Waals surface area contributed by atoms with Crippen LogP contribution >= 0.6 is 22.7 Å². The first-order valence-electron chi connectivity index (χ1n) is 6.60. The predicted molar refractivity (Wildman–Crippen MR) is 81.2 cm³/mol. The first kappa shape index (κ1) is 17.8. The normalized spacial score (nSPS) is 12.6. The van der Waals surface area contributed by atoms with Gasteiger partial charge in [0.1, 0.15) is 4.88 Å². The van der Waals surface area contributed by atoms with Crippen molar-refractivity contribution in [3.8, 4) is 21.4 Å². The van der Waals surface area contributed by atoms with Crippen LogP contribution in [0.4, 0.5) is 26.3 Å². The Hall–Kier alpha value is -2.01. The summed E-state index contributed by atoms with van der Waals surface area (Å²) in [7, 11) is 0. The molecule has 0 aromatic carbocycles. The Bertz CT molecular complexity index is 839. The van der Waals surface area contributed by atoms with Crippen LogP contribution in [-0.4, -0.2) is 15.0 Å². The molecule has 0 radical (unpaired) electrons. The Kier molecular flexibility index (Phi) is 4.31. The van der Waals surface area contributed by atoms with Crippen molar-refractivity contribution in [1.29, 1.82) is 0 Å². The second-order valence-corrected chi connectivity index (χ2v) is 6.86. The van der Waals surface area contributed by atoms with Crippen LogP contribution in [-0.2, 0) is 12.4 Å². The van der Waals surface area contributed by atoms with E-state index >= 15 is 0 Å². The molecule has 0 atom stereocenters. The average molecular weight is 395 g/mol. The molecule has 132 valence electrons. The fraction of sp³-hybridized carbons (Fsp3) is 0.214. The average Bonchev–Trinajstić information content (AvgIpc) is 3.15. The molecule has 0 aliphatic carbocycles. The third kappa shape index (κ3) is 3.82. The summed E-state index contributed by atoms with van der Waals surface area (Å²) in [5, 5.41) is 0.790. The minimum absolute atomic E-state index is 0.0510. The van der Waals surface area contributed by atoms with Gasteiger partial charge in [0.2, 0.25) is 0 Å². The van der Waals surface area contributed by atoms with E-state index in [4.69, 9.17) is 0 Å². The molecule has 3 aromatic heterocycles. The number of nitrogens with zero attached hydrogens (tertiary/aromatic N) is 3. The van der Waals surface area contributed by atoms with Gasteiger partial charge in [0.25, 0.3) is 0 Å². The molecule has 0 aliphatic rings. The molecule has 3 aromatic rings. The number of thiazole rings is 1. The summed E-state index contributed by atoms with van der Waals surface area (Å²) in [5.74, 6) is -0.0579. The standard InChI is InChI=1S/C14H7F6N3S2/c1-6-4-7(8-2-3-10(25-8)14(18,19)20)22-11(21-6)12-23-9(5-24-12)13(15,16)17/h2-5H,1H3. The molecule has 0 bridgehead atoms. The van der Waals surface area contributed by atoms with E-state index in [0.717, 1.165) is 22.8 Å². The van der Waals surface area contributed by atoms with Crippen LogP contribution in [0.25, 0.3) is 21.4 Å². The van der Waals surface area contributed by atoms with Crippen LogP contribution < -0.4 is 0 Å². The maximum atomic E-state index is 12.7. The predicted octanol–water partition coefficient (Wildman–Crippen LogP) is 5.67. The van der Waals surface area contributed by atoms with E-state index in [9.17, 15) is 26.3 Å². The van der Waals surface area contributed by atoms with Gasteiger partial charge in [0.05, 0.1) is 10.6 Å². The van der Waals surface area contributed by atoms with E-state index in [-0.39, 0.29) is 21.4 Å². The molecular weight excluding hydrogens is 388 g/mol. The Balaban J connectivity index is 2.01. The first-order valence-corrected chi connectivity index (χ1v) is 8.30. The number of rotatable bonds is 2. The van der Waals surface area contributed by atoms with Crippen molar-refractivity contribution in [2.75, 3.05) is 0 Å². The van der Waals surface area contributed by atoms with Crippen molar-refractivity contribution in [2.24, 2.45) is 0 Å². The van der Waals surface area contributed by atoms with Gasteiger partial charge in [0.15, 0.2) is 16.5 Å². The molecule has 0 aliphatic heterocycles. The molecule has 0 fully saturated rings. The molecule has 25 heavy (non-hydrogen) atoms. The number of alkyl halides is 6. The van der Waals surface area contributed by atoms with Crippen molar-refractivity contribution in [2.45, 2.75) is 19.3 Å². The van der Waals surface area contributed by atoms with Crippen molar-refractivity contribution in [3.63, 3.8) is 0 Å². The largest absolute Gasteiger partial charge is 0.434 e. The summed E-state index contributed by atoms with van der Waals surface area (Å²) in [5.41, 5.74) is -0.452. The van der Waals surface area contributed by atoms with Crippen LogP contribution in [0.2, 0.25) is 0 Å². The second kappa shape index (κ2) is 6.06. The molecular formula is C14H7F6N3S2. The topological polar surface area (TPSA) is 38.7 Å². The Morgan fingerprint density at radius 2 is 1.64 bits per heavy atom. The zero-order chi connectivity index (χ0) is 18.4. The van der Waals surface area contributed by atoms with E-state index in [1.165, 1.54) is 12.1 Å². The maximum absolute atomic E-state index is 12.7. The second-order valence-electron chi connectivity index (χ2n) is 4.92. The first-order chi connectivity index (χ1) is 11.5. The van der Waals surface area contributed by atoms with Crippen molar-refractivity contribution >= 4 is 22.7 Å². The summed E-state index contributed by atoms with van der Waals surface area (Å²) >= 11 is 1.22. The van der Waals surface area contributed by atoms with Gasteiger partial charge in [0, 0.05) is 11.1 Å². The molecule has 0 saturated heterocycles. The monoisotopic (exact) mass is 395 g/mol. The quantitative estimate of drug-likeness (QED) is 0.525. The van der Waals surface area contributed by atoms with Gasteiger partial charge in [-0.1, -0.05) is 0 Å². The highest BCUT2D eigenvalue weighted by atomic mass is 32.1. The van der Waals surface area contributed by atoms with Gasteiger partial charge in [-0.05, 0) is 25.1 Å². The molecule has 0 spiro atoms. The lowest BCUT2D eigenvalue weighted by Gasteiger charge is -2.04. The number of halogens is 6. The fourth-order valence-electron chi connectivity index (χ4n) is 1.92. The van der Waals surface area contributed by atoms with E-state index in [1.807, 2.05) is 0 Å². The van der Waals surface area contributed by atoms with E-state index in [1.54, 1.807) is 6.92 Å². The lowest BCUT2D eigenvalue weighted by atomic mass is 10.3. The van der Waals surface area contributed by atoms with Gasteiger partial charge >= 0.3 is 12.4 Å². The van der Waals surface area contributed by atoms with Gasteiger partial charge in [-0.15, -0.1) is 22.7 Å². The van der Waals surface area contributed by atoms with Crippen LogP contribution in [0.15, 0.2) is 23.6 Å². The molecule has 3 heterocycles. The highest BCUT2D eigenvalue weighted by Gasteiger charge is 2.34.